The molecule has 0 aliphatic carbocycles. The number of nitrogens with one attached hydrogen (secondary N) is 2. The van der Waals surface area contributed by atoms with E-state index >= 15 is 0 Å². The molecular formula is C12H18N4O3. The minimum atomic E-state index is -0.217. The molecule has 0 bridgehead atoms. The summed E-state index contributed by atoms with van der Waals surface area (Å²) in [6, 6.07) is 3.36. The molecule has 2 N–H and O–H groups in total. The van der Waals surface area contributed by atoms with E-state index in [1.54, 1.807) is 12.1 Å². The zero-order chi connectivity index (χ0) is 13.5. The summed E-state index contributed by atoms with van der Waals surface area (Å²) in [6.45, 7) is 4.88. The molecule has 0 aromatic carbocycles. The van der Waals surface area contributed by atoms with Gasteiger partial charge in [0.05, 0.1) is 25.9 Å². The van der Waals surface area contributed by atoms with Gasteiger partial charge in [0.25, 0.3) is 5.91 Å². The van der Waals surface area contributed by atoms with Gasteiger partial charge in [-0.1, -0.05) is 0 Å². The Labute approximate surface area is 111 Å². The number of aromatic nitrogens is 2. The zero-order valence-electron chi connectivity index (χ0n) is 10.9. The van der Waals surface area contributed by atoms with E-state index < -0.39 is 0 Å². The van der Waals surface area contributed by atoms with Crippen LogP contribution in [0.15, 0.2) is 12.1 Å². The first kappa shape index (κ1) is 13.7. The Kier molecular flexibility index (Phi) is 5.05. The molecule has 0 saturated carbocycles. The lowest BCUT2D eigenvalue weighted by Gasteiger charge is -2.23. The second-order valence-electron chi connectivity index (χ2n) is 4.11. The molecular weight excluding hydrogens is 248 g/mol. The van der Waals surface area contributed by atoms with Crippen molar-refractivity contribution in [3.63, 3.8) is 0 Å². The third-order valence-electron chi connectivity index (χ3n) is 2.63. The van der Waals surface area contributed by atoms with E-state index in [1.165, 1.54) is 0 Å². The molecule has 2 rings (SSSR count). The van der Waals surface area contributed by atoms with Crippen LogP contribution in [0.25, 0.3) is 0 Å². The van der Waals surface area contributed by atoms with E-state index in [-0.39, 0.29) is 12.0 Å². The third-order valence-corrected chi connectivity index (χ3v) is 2.63. The SMILES string of the molecule is CCNC(=O)c1ccc(NCC2COCCO2)nn1. The molecule has 1 atom stereocenters. The van der Waals surface area contributed by atoms with Crippen molar-refractivity contribution in [1.82, 2.24) is 15.5 Å². The molecule has 1 saturated heterocycles. The first-order valence-corrected chi connectivity index (χ1v) is 6.34. The van der Waals surface area contributed by atoms with Crippen LogP contribution in [-0.4, -0.2) is 55.1 Å². The van der Waals surface area contributed by atoms with Crippen LogP contribution in [-0.2, 0) is 9.47 Å². The average molecular weight is 266 g/mol. The Balaban J connectivity index is 1.82. The van der Waals surface area contributed by atoms with E-state index in [2.05, 4.69) is 20.8 Å². The van der Waals surface area contributed by atoms with Gasteiger partial charge in [0.2, 0.25) is 0 Å². The molecule has 0 spiro atoms. The summed E-state index contributed by atoms with van der Waals surface area (Å²) in [4.78, 5) is 11.5. The fourth-order valence-electron chi connectivity index (χ4n) is 1.67. The van der Waals surface area contributed by atoms with Gasteiger partial charge in [-0.05, 0) is 19.1 Å². The summed E-state index contributed by atoms with van der Waals surface area (Å²) in [6.07, 6.45) is 0.0265. The van der Waals surface area contributed by atoms with Gasteiger partial charge in [-0.3, -0.25) is 4.79 Å². The average Bonchev–Trinajstić information content (AvgIpc) is 2.47. The van der Waals surface area contributed by atoms with Crippen molar-refractivity contribution in [1.29, 1.82) is 0 Å². The molecule has 1 amide bonds. The number of amides is 1. The second kappa shape index (κ2) is 7.01. The van der Waals surface area contributed by atoms with Crippen molar-refractivity contribution in [3.8, 4) is 0 Å². The molecule has 7 heteroatoms. The molecule has 1 aromatic heterocycles. The number of nitrogens with zero attached hydrogens (tertiary/aromatic N) is 2. The highest BCUT2D eigenvalue weighted by Gasteiger charge is 2.14. The molecule has 1 aromatic rings. The summed E-state index contributed by atoms with van der Waals surface area (Å²) in [7, 11) is 0. The molecule has 104 valence electrons. The fourth-order valence-corrected chi connectivity index (χ4v) is 1.67. The first-order valence-electron chi connectivity index (χ1n) is 6.34. The van der Waals surface area contributed by atoms with E-state index in [9.17, 15) is 4.79 Å². The molecule has 1 aliphatic rings. The summed E-state index contributed by atoms with van der Waals surface area (Å²) in [5, 5.41) is 13.6. The van der Waals surface area contributed by atoms with Gasteiger partial charge >= 0.3 is 0 Å². The van der Waals surface area contributed by atoms with E-state index in [0.29, 0.717) is 44.4 Å². The van der Waals surface area contributed by atoms with Gasteiger partial charge in [0, 0.05) is 13.1 Å². The maximum atomic E-state index is 11.5. The quantitative estimate of drug-likeness (QED) is 0.783. The van der Waals surface area contributed by atoms with Crippen molar-refractivity contribution >= 4 is 11.7 Å². The van der Waals surface area contributed by atoms with Gasteiger partial charge in [0.15, 0.2) is 5.69 Å². The van der Waals surface area contributed by atoms with Crippen molar-refractivity contribution in [2.75, 3.05) is 38.2 Å². The second-order valence-corrected chi connectivity index (χ2v) is 4.11. The molecule has 1 aliphatic heterocycles. The third kappa shape index (κ3) is 4.15. The molecule has 7 nitrogen and oxygen atoms in total. The summed E-state index contributed by atoms with van der Waals surface area (Å²) < 4.78 is 10.8. The fraction of sp³-hybridized carbons (Fsp3) is 0.583. The lowest BCUT2D eigenvalue weighted by atomic mass is 10.3. The molecule has 1 unspecified atom stereocenters. The highest BCUT2D eigenvalue weighted by Crippen LogP contribution is 2.05. The lowest BCUT2D eigenvalue weighted by molar-refractivity contribution is -0.0819. The van der Waals surface area contributed by atoms with Crippen molar-refractivity contribution < 1.29 is 14.3 Å². The minimum Gasteiger partial charge on any atom is -0.376 e. The summed E-state index contributed by atoms with van der Waals surface area (Å²) in [5.41, 5.74) is 0.310. The molecule has 19 heavy (non-hydrogen) atoms. The number of hydrogen-bond acceptors (Lipinski definition) is 6. The Morgan fingerprint density at radius 3 is 2.95 bits per heavy atom. The van der Waals surface area contributed by atoms with Crippen LogP contribution < -0.4 is 10.6 Å². The van der Waals surface area contributed by atoms with E-state index in [4.69, 9.17) is 9.47 Å². The van der Waals surface area contributed by atoms with E-state index in [0.717, 1.165) is 0 Å². The largest absolute Gasteiger partial charge is 0.376 e. The monoisotopic (exact) mass is 266 g/mol. The number of carbonyl (C=O) groups excluding carboxylic acids is 1. The van der Waals surface area contributed by atoms with Crippen LogP contribution in [0.3, 0.4) is 0 Å². The normalized spacial score (nSPS) is 18.9. The van der Waals surface area contributed by atoms with Crippen molar-refractivity contribution in [2.24, 2.45) is 0 Å². The number of carbonyl (C=O) groups is 1. The van der Waals surface area contributed by atoms with Crippen LogP contribution in [0.1, 0.15) is 17.4 Å². The Hall–Kier alpha value is -1.73. The molecule has 0 radical (unpaired) electrons. The van der Waals surface area contributed by atoms with Crippen LogP contribution in [0, 0.1) is 0 Å². The van der Waals surface area contributed by atoms with Crippen molar-refractivity contribution in [3.05, 3.63) is 17.8 Å². The van der Waals surface area contributed by atoms with E-state index in [1.807, 2.05) is 6.92 Å². The number of rotatable bonds is 5. The predicted molar refractivity (Wildman–Crippen MR) is 69.1 cm³/mol. The summed E-state index contributed by atoms with van der Waals surface area (Å²) >= 11 is 0. The molecule has 2 heterocycles. The van der Waals surface area contributed by atoms with Gasteiger partial charge in [-0.15, -0.1) is 10.2 Å². The standard InChI is InChI=1S/C12H18N4O3/c1-2-13-12(17)10-3-4-11(16-15-10)14-7-9-8-18-5-6-19-9/h3-4,9H,2,5-8H2,1H3,(H,13,17)(H,14,16). The van der Waals surface area contributed by atoms with Crippen LogP contribution >= 0.6 is 0 Å². The lowest BCUT2D eigenvalue weighted by Crippen LogP contribution is -2.34. The predicted octanol–water partition coefficient (Wildman–Crippen LogP) is 0.0536. The highest BCUT2D eigenvalue weighted by atomic mass is 16.6. The summed E-state index contributed by atoms with van der Waals surface area (Å²) in [5.74, 6) is 0.396. The minimum absolute atomic E-state index is 0.0265. The smallest absolute Gasteiger partial charge is 0.271 e. The number of anilines is 1. The zero-order valence-corrected chi connectivity index (χ0v) is 10.9. The topological polar surface area (TPSA) is 85.4 Å². The van der Waals surface area contributed by atoms with Crippen LogP contribution in [0.5, 0.6) is 0 Å². The Morgan fingerprint density at radius 2 is 2.32 bits per heavy atom. The van der Waals surface area contributed by atoms with Gasteiger partial charge in [-0.2, -0.15) is 0 Å². The van der Waals surface area contributed by atoms with Crippen LogP contribution in [0.2, 0.25) is 0 Å². The Bertz CT molecular complexity index is 404. The van der Waals surface area contributed by atoms with Gasteiger partial charge in [-0.25, -0.2) is 0 Å². The van der Waals surface area contributed by atoms with Crippen LogP contribution in [0.4, 0.5) is 5.82 Å². The maximum Gasteiger partial charge on any atom is 0.271 e. The maximum absolute atomic E-state index is 11.5. The highest BCUT2D eigenvalue weighted by molar-refractivity contribution is 5.92. The number of ether oxygens (including phenoxy) is 2. The van der Waals surface area contributed by atoms with Gasteiger partial charge in [0.1, 0.15) is 5.82 Å². The number of hydrogen-bond donors (Lipinski definition) is 2. The van der Waals surface area contributed by atoms with Gasteiger partial charge < -0.3 is 20.1 Å². The van der Waals surface area contributed by atoms with Crippen molar-refractivity contribution in [2.45, 2.75) is 13.0 Å². The Morgan fingerprint density at radius 1 is 1.42 bits per heavy atom. The first-order chi connectivity index (χ1) is 9.29. The molecule has 1 fully saturated rings.